The minimum Gasteiger partial charge on any atom is -0.497 e. The summed E-state index contributed by atoms with van der Waals surface area (Å²) in [4.78, 5) is 27.1. The van der Waals surface area contributed by atoms with Crippen LogP contribution in [0.2, 0.25) is 0 Å². The number of anilines is 1. The van der Waals surface area contributed by atoms with Crippen molar-refractivity contribution in [1.82, 2.24) is 4.90 Å². The first-order chi connectivity index (χ1) is 12.1. The van der Waals surface area contributed by atoms with E-state index in [9.17, 15) is 9.59 Å². The second-order valence-corrected chi connectivity index (χ2v) is 6.02. The minimum atomic E-state index is -0.315. The molecule has 124 valence electrons. The van der Waals surface area contributed by atoms with E-state index in [1.807, 2.05) is 30.3 Å². The third-order valence-corrected chi connectivity index (χ3v) is 4.46. The van der Waals surface area contributed by atoms with Crippen LogP contribution in [0.25, 0.3) is 10.8 Å². The van der Waals surface area contributed by atoms with Crippen LogP contribution in [0, 0.1) is 0 Å². The van der Waals surface area contributed by atoms with Crippen molar-refractivity contribution < 1.29 is 14.3 Å². The summed E-state index contributed by atoms with van der Waals surface area (Å²) in [7, 11) is 1.56. The van der Waals surface area contributed by atoms with Gasteiger partial charge in [-0.15, -0.1) is 0 Å². The van der Waals surface area contributed by atoms with Crippen LogP contribution in [-0.2, 0) is 6.54 Å². The van der Waals surface area contributed by atoms with Gasteiger partial charge in [0.15, 0.2) is 0 Å². The lowest BCUT2D eigenvalue weighted by Crippen LogP contribution is -2.39. The first kappa shape index (κ1) is 15.2. The molecule has 0 unspecified atom stereocenters. The minimum absolute atomic E-state index is 0.199. The number of hydrogen-bond donors (Lipinski definition) is 1. The Morgan fingerprint density at radius 1 is 0.960 bits per heavy atom. The molecule has 1 heterocycles. The van der Waals surface area contributed by atoms with Gasteiger partial charge in [-0.2, -0.15) is 0 Å². The third kappa shape index (κ3) is 2.41. The summed E-state index contributed by atoms with van der Waals surface area (Å²) in [5.41, 5.74) is 8.20. The van der Waals surface area contributed by atoms with Crippen molar-refractivity contribution in [2.24, 2.45) is 0 Å². The standard InChI is InChI=1S/C20H16N2O3/c1-25-15-9-13-3-2-4-16-18(13)17(10-15)20(24)22(19(16)23)11-12-5-7-14(21)8-6-12/h2-10H,11,21H2,1H3. The Bertz CT molecular complexity index is 1010. The summed E-state index contributed by atoms with van der Waals surface area (Å²) < 4.78 is 5.30. The highest BCUT2D eigenvalue weighted by molar-refractivity contribution is 6.25. The largest absolute Gasteiger partial charge is 0.497 e. The molecule has 0 saturated carbocycles. The van der Waals surface area contributed by atoms with E-state index < -0.39 is 0 Å². The Hall–Kier alpha value is -3.34. The van der Waals surface area contributed by atoms with Crippen molar-refractivity contribution in [3.05, 3.63) is 71.3 Å². The quantitative estimate of drug-likeness (QED) is 0.590. The number of benzene rings is 3. The van der Waals surface area contributed by atoms with Gasteiger partial charge in [-0.3, -0.25) is 14.5 Å². The molecule has 2 N–H and O–H groups in total. The highest BCUT2D eigenvalue weighted by Gasteiger charge is 2.33. The van der Waals surface area contributed by atoms with Gasteiger partial charge in [0.1, 0.15) is 5.75 Å². The summed E-state index contributed by atoms with van der Waals surface area (Å²) in [6, 6.07) is 16.1. The first-order valence-electron chi connectivity index (χ1n) is 7.90. The zero-order valence-corrected chi connectivity index (χ0v) is 13.7. The molecule has 0 aromatic heterocycles. The van der Waals surface area contributed by atoms with Gasteiger partial charge in [-0.05, 0) is 41.3 Å². The number of nitrogens with two attached hydrogens (primary N) is 1. The summed E-state index contributed by atoms with van der Waals surface area (Å²) in [5, 5.41) is 1.51. The predicted molar refractivity (Wildman–Crippen MR) is 95.6 cm³/mol. The third-order valence-electron chi connectivity index (χ3n) is 4.46. The molecule has 3 aromatic carbocycles. The highest BCUT2D eigenvalue weighted by atomic mass is 16.5. The maximum atomic E-state index is 13.0. The Labute approximate surface area is 144 Å². The van der Waals surface area contributed by atoms with Crippen LogP contribution < -0.4 is 10.5 Å². The second kappa shape index (κ2) is 5.63. The molecule has 2 amide bonds. The lowest BCUT2D eigenvalue weighted by molar-refractivity contribution is 0.0598. The molecular formula is C20H16N2O3. The molecule has 0 radical (unpaired) electrons. The fraction of sp³-hybridized carbons (Fsp3) is 0.100. The van der Waals surface area contributed by atoms with E-state index in [0.717, 1.165) is 10.9 Å². The van der Waals surface area contributed by atoms with Gasteiger partial charge in [0.2, 0.25) is 0 Å². The molecule has 1 aliphatic rings. The van der Waals surface area contributed by atoms with Gasteiger partial charge in [0.25, 0.3) is 11.8 Å². The molecular weight excluding hydrogens is 316 g/mol. The maximum absolute atomic E-state index is 13.0. The lowest BCUT2D eigenvalue weighted by atomic mass is 9.93. The molecule has 3 aromatic rings. The SMILES string of the molecule is COc1cc2c3c(cccc3c1)C(=O)N(Cc1ccc(N)cc1)C2=O. The number of imide groups is 1. The Balaban J connectivity index is 1.83. The number of hydrogen-bond acceptors (Lipinski definition) is 4. The average molecular weight is 332 g/mol. The van der Waals surface area contributed by atoms with Gasteiger partial charge in [0.05, 0.1) is 19.2 Å². The molecule has 0 atom stereocenters. The van der Waals surface area contributed by atoms with Crippen molar-refractivity contribution in [3.63, 3.8) is 0 Å². The number of amides is 2. The normalized spacial score (nSPS) is 13.4. The smallest absolute Gasteiger partial charge is 0.261 e. The highest BCUT2D eigenvalue weighted by Crippen LogP contribution is 2.34. The maximum Gasteiger partial charge on any atom is 0.261 e. The molecule has 0 bridgehead atoms. The van der Waals surface area contributed by atoms with E-state index in [4.69, 9.17) is 10.5 Å². The van der Waals surface area contributed by atoms with E-state index in [1.54, 1.807) is 31.4 Å². The monoisotopic (exact) mass is 332 g/mol. The van der Waals surface area contributed by atoms with Crippen LogP contribution in [0.5, 0.6) is 5.75 Å². The number of nitrogen functional groups attached to an aromatic ring is 1. The zero-order valence-electron chi connectivity index (χ0n) is 13.7. The van der Waals surface area contributed by atoms with Crippen molar-refractivity contribution >= 4 is 28.3 Å². The Morgan fingerprint density at radius 2 is 1.68 bits per heavy atom. The van der Waals surface area contributed by atoms with Gasteiger partial charge >= 0.3 is 0 Å². The summed E-state index contributed by atoms with van der Waals surface area (Å²) in [6.45, 7) is 0.199. The first-order valence-corrected chi connectivity index (χ1v) is 7.90. The molecule has 0 spiro atoms. The van der Waals surface area contributed by atoms with Crippen LogP contribution in [0.3, 0.4) is 0 Å². The number of carbonyl (C=O) groups excluding carboxylic acids is 2. The molecule has 25 heavy (non-hydrogen) atoms. The van der Waals surface area contributed by atoms with Crippen molar-refractivity contribution in [2.75, 3.05) is 12.8 Å². The molecule has 5 nitrogen and oxygen atoms in total. The van der Waals surface area contributed by atoms with Crippen LogP contribution in [0.15, 0.2) is 54.6 Å². The summed E-state index contributed by atoms with van der Waals surface area (Å²) in [5.74, 6) is -0.00991. The molecule has 5 heteroatoms. The van der Waals surface area contributed by atoms with Crippen molar-refractivity contribution in [1.29, 1.82) is 0 Å². The zero-order chi connectivity index (χ0) is 17.6. The van der Waals surface area contributed by atoms with Gasteiger partial charge in [0, 0.05) is 16.6 Å². The predicted octanol–water partition coefficient (Wildman–Crippen LogP) is 3.23. The van der Waals surface area contributed by atoms with E-state index >= 15 is 0 Å². The number of methoxy groups -OCH3 is 1. The number of nitrogens with zero attached hydrogens (tertiary/aromatic N) is 1. The number of carbonyl (C=O) groups is 2. The van der Waals surface area contributed by atoms with Crippen molar-refractivity contribution in [3.8, 4) is 5.75 Å². The van der Waals surface area contributed by atoms with Gasteiger partial charge in [-0.25, -0.2) is 0 Å². The molecule has 1 aliphatic heterocycles. The summed E-state index contributed by atoms with van der Waals surface area (Å²) in [6.07, 6.45) is 0. The fourth-order valence-electron chi connectivity index (χ4n) is 3.20. The average Bonchev–Trinajstić information content (AvgIpc) is 2.64. The van der Waals surface area contributed by atoms with Gasteiger partial charge in [-0.1, -0.05) is 24.3 Å². The molecule has 0 fully saturated rings. The fourth-order valence-corrected chi connectivity index (χ4v) is 3.20. The summed E-state index contributed by atoms with van der Waals surface area (Å²) >= 11 is 0. The Kier molecular flexibility index (Phi) is 3.42. The van der Waals surface area contributed by atoms with Crippen molar-refractivity contribution in [2.45, 2.75) is 6.54 Å². The Morgan fingerprint density at radius 3 is 2.40 bits per heavy atom. The lowest BCUT2D eigenvalue weighted by Gasteiger charge is -2.27. The molecule has 0 saturated heterocycles. The number of ether oxygens (including phenoxy) is 1. The van der Waals surface area contributed by atoms with Gasteiger partial charge < -0.3 is 10.5 Å². The van der Waals surface area contributed by atoms with E-state index in [1.165, 1.54) is 4.90 Å². The van der Waals surface area contributed by atoms with E-state index in [2.05, 4.69) is 0 Å². The number of rotatable bonds is 3. The van der Waals surface area contributed by atoms with Crippen LogP contribution >= 0.6 is 0 Å². The van der Waals surface area contributed by atoms with E-state index in [-0.39, 0.29) is 18.4 Å². The molecule has 4 rings (SSSR count). The van der Waals surface area contributed by atoms with E-state index in [0.29, 0.717) is 28.0 Å². The second-order valence-electron chi connectivity index (χ2n) is 6.02. The molecule has 0 aliphatic carbocycles. The topological polar surface area (TPSA) is 72.6 Å². The van der Waals surface area contributed by atoms with Crippen LogP contribution in [-0.4, -0.2) is 23.8 Å². The van der Waals surface area contributed by atoms with Crippen LogP contribution in [0.4, 0.5) is 5.69 Å². The van der Waals surface area contributed by atoms with Crippen LogP contribution in [0.1, 0.15) is 26.3 Å².